The first-order valence-electron chi connectivity index (χ1n) is 10.4. The summed E-state index contributed by atoms with van der Waals surface area (Å²) >= 11 is 0. The number of hydrogen-bond donors (Lipinski definition) is 0. The summed E-state index contributed by atoms with van der Waals surface area (Å²) in [5.41, 5.74) is 5.07. The van der Waals surface area contributed by atoms with Crippen molar-refractivity contribution in [3.63, 3.8) is 0 Å². The molecule has 154 valence electrons. The van der Waals surface area contributed by atoms with E-state index in [2.05, 4.69) is 36.1 Å². The number of nitrogens with zero attached hydrogens (tertiary/aromatic N) is 5. The van der Waals surface area contributed by atoms with Crippen LogP contribution in [0.2, 0.25) is 0 Å². The fraction of sp³-hybridized carbons (Fsp3) is 0.200. The van der Waals surface area contributed by atoms with Crippen molar-refractivity contribution >= 4 is 11.7 Å². The van der Waals surface area contributed by atoms with Crippen molar-refractivity contribution < 1.29 is 4.79 Å². The Bertz CT molecular complexity index is 1250. The zero-order valence-corrected chi connectivity index (χ0v) is 17.6. The maximum atomic E-state index is 12.8. The molecule has 0 unspecified atom stereocenters. The van der Waals surface area contributed by atoms with Gasteiger partial charge >= 0.3 is 0 Å². The molecule has 6 nitrogen and oxygen atoms in total. The van der Waals surface area contributed by atoms with Gasteiger partial charge in [-0.3, -0.25) is 9.69 Å². The summed E-state index contributed by atoms with van der Waals surface area (Å²) in [5.74, 6) is 1.77. The van der Waals surface area contributed by atoms with Crippen molar-refractivity contribution in [1.29, 1.82) is 0 Å². The van der Waals surface area contributed by atoms with E-state index in [1.54, 1.807) is 17.3 Å². The molecule has 5 rings (SSSR count). The van der Waals surface area contributed by atoms with Gasteiger partial charge in [-0.15, -0.1) is 0 Å². The number of anilines is 1. The number of carbonyl (C=O) groups is 1. The molecule has 0 saturated heterocycles. The third-order valence-corrected chi connectivity index (χ3v) is 5.58. The molecule has 1 aliphatic heterocycles. The molecule has 0 radical (unpaired) electrons. The van der Waals surface area contributed by atoms with E-state index in [1.807, 2.05) is 53.3 Å². The molecule has 3 heterocycles. The second-order valence-corrected chi connectivity index (χ2v) is 8.06. The Balaban J connectivity index is 1.49. The second kappa shape index (κ2) is 7.80. The van der Waals surface area contributed by atoms with Gasteiger partial charge in [-0.2, -0.15) is 5.10 Å². The molecule has 6 heteroatoms. The number of aromatic nitrogens is 4. The van der Waals surface area contributed by atoms with Gasteiger partial charge in [-0.1, -0.05) is 50.2 Å². The van der Waals surface area contributed by atoms with Crippen molar-refractivity contribution in [2.24, 2.45) is 0 Å². The number of benzene rings is 2. The lowest BCUT2D eigenvalue weighted by Gasteiger charge is -2.18. The number of rotatable bonds is 5. The van der Waals surface area contributed by atoms with Gasteiger partial charge in [-0.25, -0.2) is 14.6 Å². The summed E-state index contributed by atoms with van der Waals surface area (Å²) in [6.07, 6.45) is 5.79. The van der Waals surface area contributed by atoms with Gasteiger partial charge in [-0.05, 0) is 35.2 Å². The van der Waals surface area contributed by atoms with Crippen molar-refractivity contribution in [3.05, 3.63) is 89.9 Å². The predicted molar refractivity (Wildman–Crippen MR) is 120 cm³/mol. The van der Waals surface area contributed by atoms with Gasteiger partial charge in [0.25, 0.3) is 0 Å². The topological polar surface area (TPSA) is 63.9 Å². The minimum absolute atomic E-state index is 0.0445. The van der Waals surface area contributed by atoms with Crippen LogP contribution >= 0.6 is 0 Å². The van der Waals surface area contributed by atoms with Crippen molar-refractivity contribution in [3.8, 4) is 17.1 Å². The summed E-state index contributed by atoms with van der Waals surface area (Å²) in [6.45, 7) is 4.78. The summed E-state index contributed by atoms with van der Waals surface area (Å²) in [7, 11) is 0. The molecule has 2 aromatic heterocycles. The highest BCUT2D eigenvalue weighted by molar-refractivity contribution is 6.00. The summed E-state index contributed by atoms with van der Waals surface area (Å²) in [4.78, 5) is 24.0. The minimum atomic E-state index is 0.0445. The van der Waals surface area contributed by atoms with Crippen LogP contribution in [0.3, 0.4) is 0 Å². The van der Waals surface area contributed by atoms with Gasteiger partial charge in [0.05, 0.1) is 18.7 Å². The first-order valence-corrected chi connectivity index (χ1v) is 10.4. The summed E-state index contributed by atoms with van der Waals surface area (Å²) < 4.78 is 1.81. The molecule has 1 amide bonds. The van der Waals surface area contributed by atoms with Crippen LogP contribution < -0.4 is 4.90 Å². The number of hydrogen-bond acceptors (Lipinski definition) is 4. The van der Waals surface area contributed by atoms with E-state index in [0.717, 1.165) is 22.4 Å². The Morgan fingerprint density at radius 1 is 1.06 bits per heavy atom. The zero-order valence-electron chi connectivity index (χ0n) is 17.6. The lowest BCUT2D eigenvalue weighted by Crippen LogP contribution is -2.26. The molecule has 31 heavy (non-hydrogen) atoms. The largest absolute Gasteiger partial charge is 0.292 e. The fourth-order valence-corrected chi connectivity index (χ4v) is 4.03. The summed E-state index contributed by atoms with van der Waals surface area (Å²) in [6, 6.07) is 18.1. The molecule has 0 spiro atoms. The SMILES string of the molecule is CC(C)c1ccccc1-c1ncc2c(n1)N(Cc1cccc(-n3cccn3)c1)C(=O)C2. The Hall–Kier alpha value is -3.80. The molecule has 0 fully saturated rings. The van der Waals surface area contributed by atoms with E-state index in [1.165, 1.54) is 5.56 Å². The smallest absolute Gasteiger partial charge is 0.233 e. The molecule has 4 aromatic rings. The van der Waals surface area contributed by atoms with Crippen LogP contribution in [-0.2, 0) is 17.8 Å². The lowest BCUT2D eigenvalue weighted by atomic mass is 9.97. The van der Waals surface area contributed by atoms with E-state index >= 15 is 0 Å². The maximum absolute atomic E-state index is 12.8. The molecule has 1 aliphatic rings. The molecule has 0 aliphatic carbocycles. The lowest BCUT2D eigenvalue weighted by molar-refractivity contribution is -0.117. The van der Waals surface area contributed by atoms with Crippen molar-refractivity contribution in [2.45, 2.75) is 32.7 Å². The van der Waals surface area contributed by atoms with Crippen LogP contribution in [0.5, 0.6) is 0 Å². The molecular formula is C25H23N5O. The van der Waals surface area contributed by atoms with Crippen LogP contribution in [0.25, 0.3) is 17.1 Å². The fourth-order valence-electron chi connectivity index (χ4n) is 4.03. The van der Waals surface area contributed by atoms with Gasteiger partial charge < -0.3 is 0 Å². The highest BCUT2D eigenvalue weighted by Gasteiger charge is 2.30. The van der Waals surface area contributed by atoms with E-state index in [4.69, 9.17) is 4.98 Å². The van der Waals surface area contributed by atoms with Crippen LogP contribution in [0, 0.1) is 0 Å². The quantitative estimate of drug-likeness (QED) is 0.485. The zero-order chi connectivity index (χ0) is 21.4. The Morgan fingerprint density at radius 2 is 1.94 bits per heavy atom. The second-order valence-electron chi connectivity index (χ2n) is 8.06. The molecule has 0 bridgehead atoms. The maximum Gasteiger partial charge on any atom is 0.233 e. The van der Waals surface area contributed by atoms with Crippen LogP contribution in [0.1, 0.15) is 36.5 Å². The molecule has 0 saturated carbocycles. The normalized spacial score (nSPS) is 13.1. The van der Waals surface area contributed by atoms with Crippen LogP contribution in [0.15, 0.2) is 73.2 Å². The number of fused-ring (bicyclic) bond motifs is 1. The van der Waals surface area contributed by atoms with Crippen LogP contribution in [0.4, 0.5) is 5.82 Å². The van der Waals surface area contributed by atoms with Gasteiger partial charge in [0.1, 0.15) is 5.82 Å². The molecule has 0 N–H and O–H groups in total. The average molecular weight is 409 g/mol. The molecule has 0 atom stereocenters. The highest BCUT2D eigenvalue weighted by Crippen LogP contribution is 2.32. The van der Waals surface area contributed by atoms with E-state index in [0.29, 0.717) is 30.5 Å². The number of carbonyl (C=O) groups excluding carboxylic acids is 1. The monoisotopic (exact) mass is 409 g/mol. The average Bonchev–Trinajstić information content (AvgIpc) is 3.42. The predicted octanol–water partition coefficient (Wildman–Crippen LogP) is 4.54. The van der Waals surface area contributed by atoms with Gasteiger partial charge in [0, 0.05) is 29.7 Å². The first-order chi connectivity index (χ1) is 15.1. The van der Waals surface area contributed by atoms with E-state index in [-0.39, 0.29) is 5.91 Å². The van der Waals surface area contributed by atoms with E-state index < -0.39 is 0 Å². The first kappa shape index (κ1) is 19.2. The number of amides is 1. The van der Waals surface area contributed by atoms with Crippen molar-refractivity contribution in [1.82, 2.24) is 19.7 Å². The Morgan fingerprint density at radius 3 is 2.74 bits per heavy atom. The third kappa shape index (κ3) is 3.61. The van der Waals surface area contributed by atoms with E-state index in [9.17, 15) is 4.79 Å². The minimum Gasteiger partial charge on any atom is -0.292 e. The Kier molecular flexibility index (Phi) is 4.82. The summed E-state index contributed by atoms with van der Waals surface area (Å²) in [5, 5.41) is 4.29. The Labute approximate surface area is 181 Å². The third-order valence-electron chi connectivity index (χ3n) is 5.58. The van der Waals surface area contributed by atoms with Crippen molar-refractivity contribution in [2.75, 3.05) is 4.90 Å². The van der Waals surface area contributed by atoms with Gasteiger partial charge in [0.2, 0.25) is 5.91 Å². The van der Waals surface area contributed by atoms with Gasteiger partial charge in [0.15, 0.2) is 5.82 Å². The van der Waals surface area contributed by atoms with Crippen LogP contribution in [-0.4, -0.2) is 25.7 Å². The standard InChI is InChI=1S/C25H23N5O/c1-17(2)21-9-3-4-10-22(21)24-26-15-19-14-23(31)29(25(19)28-24)16-18-7-5-8-20(13-18)30-12-6-11-27-30/h3-13,15,17H,14,16H2,1-2H3. The highest BCUT2D eigenvalue weighted by atomic mass is 16.2. The molecular weight excluding hydrogens is 386 g/mol. The molecule has 2 aromatic carbocycles.